The maximum absolute atomic E-state index is 12.6. The Kier molecular flexibility index (Phi) is 6.76. The van der Waals surface area contributed by atoms with Gasteiger partial charge in [0.05, 0.1) is 5.56 Å². The number of thiophene rings is 1. The van der Waals surface area contributed by atoms with Gasteiger partial charge in [0.1, 0.15) is 16.8 Å². The third kappa shape index (κ3) is 5.21. The van der Waals surface area contributed by atoms with Gasteiger partial charge in [-0.1, -0.05) is 48.8 Å². The fourth-order valence-electron chi connectivity index (χ4n) is 4.06. The van der Waals surface area contributed by atoms with Crippen molar-refractivity contribution >= 4 is 55.5 Å². The summed E-state index contributed by atoms with van der Waals surface area (Å²) in [6, 6.07) is 13.3. The Hall–Kier alpha value is -2.47. The molecule has 3 aromatic rings. The van der Waals surface area contributed by atoms with Crippen LogP contribution < -0.4 is 10.6 Å². The van der Waals surface area contributed by atoms with Gasteiger partial charge in [0.15, 0.2) is 10.9 Å². The van der Waals surface area contributed by atoms with E-state index in [-0.39, 0.29) is 16.3 Å². The fraction of sp³-hybridized carbons (Fsp3) is 0.320. The van der Waals surface area contributed by atoms with Gasteiger partial charge in [0.25, 0.3) is 5.91 Å². The molecule has 0 saturated carbocycles. The molecule has 0 radical (unpaired) electrons. The lowest BCUT2D eigenvalue weighted by Gasteiger charge is -2.33. The minimum Gasteiger partial charge on any atom is -0.451 e. The average Bonchev–Trinajstić information content (AvgIpc) is 3.37. The first-order valence-electron chi connectivity index (χ1n) is 10.7. The van der Waals surface area contributed by atoms with E-state index in [0.29, 0.717) is 22.2 Å². The maximum atomic E-state index is 12.6. The molecule has 2 heterocycles. The molecular formula is C25H24BrN3O2S2. The molecule has 0 bridgehead atoms. The molecule has 0 fully saturated rings. The van der Waals surface area contributed by atoms with Crippen molar-refractivity contribution in [3.05, 3.63) is 62.6 Å². The number of hydrogen-bond acceptors (Lipinski definition) is 5. The molecule has 1 aliphatic rings. The molecule has 1 aliphatic carbocycles. The van der Waals surface area contributed by atoms with Gasteiger partial charge >= 0.3 is 0 Å². The highest BCUT2D eigenvalue weighted by atomic mass is 79.9. The van der Waals surface area contributed by atoms with Crippen LogP contribution in [0.1, 0.15) is 53.8 Å². The number of halogens is 1. The molecule has 33 heavy (non-hydrogen) atoms. The Labute approximate surface area is 211 Å². The highest BCUT2D eigenvalue weighted by Crippen LogP contribution is 2.44. The van der Waals surface area contributed by atoms with Gasteiger partial charge in [-0.15, -0.1) is 11.3 Å². The standard InChI is InChI=1S/C25H24BrN3O2S2/c1-25(2,3)15-6-9-17-18(13-27)23(33-21(17)12-15)29-24(32)28-22(30)20-11-10-19(31-20)14-4-7-16(26)8-5-14/h4-5,7-8,10-11,15H,6,9,12H2,1-3H3,(H2,28,29,30,32)/t15-/m1/s1. The fourth-order valence-corrected chi connectivity index (χ4v) is 5.87. The third-order valence-electron chi connectivity index (χ3n) is 6.01. The normalized spacial score (nSPS) is 15.4. The molecule has 170 valence electrons. The minimum absolute atomic E-state index is 0.143. The largest absolute Gasteiger partial charge is 0.451 e. The molecule has 1 amide bonds. The van der Waals surface area contributed by atoms with Gasteiger partial charge in [-0.2, -0.15) is 5.26 Å². The van der Waals surface area contributed by atoms with Crippen molar-refractivity contribution in [3.8, 4) is 17.4 Å². The van der Waals surface area contributed by atoms with Crippen LogP contribution in [0.25, 0.3) is 11.3 Å². The number of carbonyl (C=O) groups is 1. The number of fused-ring (bicyclic) bond motifs is 1. The van der Waals surface area contributed by atoms with Crippen molar-refractivity contribution < 1.29 is 9.21 Å². The van der Waals surface area contributed by atoms with E-state index in [4.69, 9.17) is 16.6 Å². The number of nitrogens with one attached hydrogen (secondary N) is 2. The second kappa shape index (κ2) is 9.41. The molecule has 0 aliphatic heterocycles. The van der Waals surface area contributed by atoms with E-state index >= 15 is 0 Å². The van der Waals surface area contributed by atoms with Crippen LogP contribution in [-0.2, 0) is 12.8 Å². The molecule has 0 spiro atoms. The van der Waals surface area contributed by atoms with Crippen molar-refractivity contribution in [1.82, 2.24) is 5.32 Å². The van der Waals surface area contributed by atoms with E-state index in [1.165, 1.54) is 4.88 Å². The number of hydrogen-bond donors (Lipinski definition) is 2. The van der Waals surface area contributed by atoms with Crippen molar-refractivity contribution in [2.24, 2.45) is 11.3 Å². The summed E-state index contributed by atoms with van der Waals surface area (Å²) < 4.78 is 6.68. The molecule has 1 atom stereocenters. The summed E-state index contributed by atoms with van der Waals surface area (Å²) in [5, 5.41) is 16.3. The lowest BCUT2D eigenvalue weighted by molar-refractivity contribution is 0.0951. The van der Waals surface area contributed by atoms with Crippen LogP contribution >= 0.6 is 39.5 Å². The van der Waals surface area contributed by atoms with E-state index in [9.17, 15) is 10.1 Å². The van der Waals surface area contributed by atoms with E-state index in [1.54, 1.807) is 23.5 Å². The van der Waals surface area contributed by atoms with Crippen LogP contribution in [0.5, 0.6) is 0 Å². The summed E-state index contributed by atoms with van der Waals surface area (Å²) in [7, 11) is 0. The van der Waals surface area contributed by atoms with Crippen molar-refractivity contribution in [2.75, 3.05) is 5.32 Å². The quantitative estimate of drug-likeness (QED) is 0.352. The van der Waals surface area contributed by atoms with E-state index in [1.807, 2.05) is 24.3 Å². The Morgan fingerprint density at radius 1 is 1.24 bits per heavy atom. The molecule has 4 rings (SSSR count). The van der Waals surface area contributed by atoms with E-state index in [2.05, 4.69) is 53.4 Å². The Balaban J connectivity index is 1.44. The Morgan fingerprint density at radius 3 is 2.64 bits per heavy atom. The first-order chi connectivity index (χ1) is 15.7. The smallest absolute Gasteiger partial charge is 0.293 e. The number of benzene rings is 1. The molecule has 0 unspecified atom stereocenters. The topological polar surface area (TPSA) is 78.1 Å². The third-order valence-corrected chi connectivity index (χ3v) is 7.92. The molecule has 8 heteroatoms. The predicted octanol–water partition coefficient (Wildman–Crippen LogP) is 6.92. The lowest BCUT2D eigenvalue weighted by atomic mass is 9.72. The van der Waals surface area contributed by atoms with Crippen LogP contribution in [-0.4, -0.2) is 11.0 Å². The molecule has 5 nitrogen and oxygen atoms in total. The van der Waals surface area contributed by atoms with Crippen LogP contribution in [0.2, 0.25) is 0 Å². The van der Waals surface area contributed by atoms with Crippen molar-refractivity contribution in [1.29, 1.82) is 5.26 Å². The number of amides is 1. The second-order valence-corrected chi connectivity index (χ2v) is 11.6. The Morgan fingerprint density at radius 2 is 1.97 bits per heavy atom. The summed E-state index contributed by atoms with van der Waals surface area (Å²) in [4.78, 5) is 13.9. The second-order valence-electron chi connectivity index (χ2n) is 9.20. The summed E-state index contributed by atoms with van der Waals surface area (Å²) in [6.07, 6.45) is 2.93. The van der Waals surface area contributed by atoms with Crippen molar-refractivity contribution in [3.63, 3.8) is 0 Å². The average molecular weight is 543 g/mol. The van der Waals surface area contributed by atoms with E-state index < -0.39 is 5.91 Å². The van der Waals surface area contributed by atoms with Crippen LogP contribution in [0, 0.1) is 22.7 Å². The molecule has 2 N–H and O–H groups in total. The number of nitriles is 1. The van der Waals surface area contributed by atoms with Crippen LogP contribution in [0.4, 0.5) is 5.00 Å². The van der Waals surface area contributed by atoms with Gasteiger partial charge in [-0.05, 0) is 72.6 Å². The number of furan rings is 1. The zero-order chi connectivity index (χ0) is 23.8. The molecule has 0 saturated heterocycles. The monoisotopic (exact) mass is 541 g/mol. The van der Waals surface area contributed by atoms with Gasteiger partial charge in [-0.25, -0.2) is 0 Å². The number of anilines is 1. The molecule has 2 aromatic heterocycles. The maximum Gasteiger partial charge on any atom is 0.293 e. The number of nitrogens with zero attached hydrogens (tertiary/aromatic N) is 1. The predicted molar refractivity (Wildman–Crippen MR) is 140 cm³/mol. The van der Waals surface area contributed by atoms with Gasteiger partial charge in [0, 0.05) is 14.9 Å². The SMILES string of the molecule is CC(C)(C)[C@@H]1CCc2c(sc(NC(=S)NC(=O)c3ccc(-c4ccc(Br)cc4)o3)c2C#N)C1. The number of rotatable bonds is 3. The molecular weight excluding hydrogens is 518 g/mol. The van der Waals surface area contributed by atoms with Crippen molar-refractivity contribution in [2.45, 2.75) is 40.0 Å². The first kappa shape index (κ1) is 23.7. The first-order valence-corrected chi connectivity index (χ1v) is 12.7. The number of thiocarbonyl (C=S) groups is 1. The zero-order valence-corrected chi connectivity index (χ0v) is 21.8. The number of carbonyl (C=O) groups excluding carboxylic acids is 1. The van der Waals surface area contributed by atoms with E-state index in [0.717, 1.165) is 34.9 Å². The van der Waals surface area contributed by atoms with Gasteiger partial charge in [0.2, 0.25) is 0 Å². The summed E-state index contributed by atoms with van der Waals surface area (Å²) in [6.45, 7) is 6.80. The highest BCUT2D eigenvalue weighted by Gasteiger charge is 2.32. The lowest BCUT2D eigenvalue weighted by Crippen LogP contribution is -2.33. The summed E-state index contributed by atoms with van der Waals surface area (Å²) in [5.74, 6) is 0.894. The van der Waals surface area contributed by atoms with Gasteiger partial charge < -0.3 is 9.73 Å². The zero-order valence-electron chi connectivity index (χ0n) is 18.6. The Bertz CT molecular complexity index is 1250. The summed E-state index contributed by atoms with van der Waals surface area (Å²) >= 11 is 10.3. The van der Waals surface area contributed by atoms with Crippen LogP contribution in [0.15, 0.2) is 45.3 Å². The minimum atomic E-state index is -0.441. The van der Waals surface area contributed by atoms with Gasteiger partial charge in [-0.3, -0.25) is 10.1 Å². The van der Waals surface area contributed by atoms with Crippen LogP contribution in [0.3, 0.4) is 0 Å². The summed E-state index contributed by atoms with van der Waals surface area (Å²) in [5.41, 5.74) is 2.84. The molecule has 1 aromatic carbocycles. The highest BCUT2D eigenvalue weighted by molar-refractivity contribution is 9.10.